The van der Waals surface area contributed by atoms with E-state index in [1.165, 1.54) is 7.11 Å². The van der Waals surface area contributed by atoms with Crippen molar-refractivity contribution in [3.8, 4) is 0 Å². The lowest BCUT2D eigenvalue weighted by Crippen LogP contribution is -2.48. The first-order valence-electron chi connectivity index (χ1n) is 5.18. The third kappa shape index (κ3) is 5.09. The van der Waals surface area contributed by atoms with Crippen LogP contribution in [0.4, 0.5) is 0 Å². The van der Waals surface area contributed by atoms with Crippen molar-refractivity contribution in [2.24, 2.45) is 11.7 Å². The van der Waals surface area contributed by atoms with Gasteiger partial charge in [-0.2, -0.15) is 0 Å². The van der Waals surface area contributed by atoms with Gasteiger partial charge in [0.2, 0.25) is 0 Å². The van der Waals surface area contributed by atoms with E-state index in [9.17, 15) is 9.59 Å². The van der Waals surface area contributed by atoms with E-state index < -0.39 is 24.0 Å². The molecule has 0 aliphatic carbocycles. The maximum atomic E-state index is 11.5. The van der Waals surface area contributed by atoms with Crippen molar-refractivity contribution in [1.29, 1.82) is 0 Å². The van der Waals surface area contributed by atoms with Crippen molar-refractivity contribution in [2.45, 2.75) is 32.4 Å². The van der Waals surface area contributed by atoms with Crippen LogP contribution in [0.3, 0.4) is 0 Å². The second-order valence-corrected chi connectivity index (χ2v) is 3.99. The number of methoxy groups -OCH3 is 1. The molecule has 6 nitrogen and oxygen atoms in total. The lowest BCUT2D eigenvalue weighted by molar-refractivity contribution is -0.144. The van der Waals surface area contributed by atoms with Crippen LogP contribution >= 0.6 is 0 Å². The van der Waals surface area contributed by atoms with E-state index in [0.29, 0.717) is 6.42 Å². The lowest BCUT2D eigenvalue weighted by atomic mass is 10.0. The number of carbonyl (C=O) groups excluding carboxylic acids is 1. The quantitative estimate of drug-likeness (QED) is 0.553. The van der Waals surface area contributed by atoms with Crippen LogP contribution in [-0.4, -0.2) is 42.8 Å². The Hall–Kier alpha value is -1.14. The van der Waals surface area contributed by atoms with Crippen LogP contribution in [0.15, 0.2) is 0 Å². The molecule has 0 saturated carbocycles. The van der Waals surface area contributed by atoms with Crippen LogP contribution in [0.1, 0.15) is 20.3 Å². The highest BCUT2D eigenvalue weighted by Crippen LogP contribution is 2.05. The number of rotatable bonds is 7. The first-order valence-corrected chi connectivity index (χ1v) is 5.18. The topological polar surface area (TPSA) is 102 Å². The zero-order chi connectivity index (χ0) is 12.7. The molecule has 0 aromatic heterocycles. The average Bonchev–Trinajstić information content (AvgIpc) is 2.17. The largest absolute Gasteiger partial charge is 0.480 e. The maximum Gasteiger partial charge on any atom is 0.326 e. The Labute approximate surface area is 95.1 Å². The molecule has 0 saturated heterocycles. The predicted octanol–water partition coefficient (Wildman–Crippen LogP) is -0.424. The summed E-state index contributed by atoms with van der Waals surface area (Å²) in [6, 6.07) is -0.892. The number of nitrogens with two attached hydrogens (primary N) is 1. The molecule has 1 amide bonds. The Kier molecular flexibility index (Phi) is 6.67. The number of amides is 1. The molecule has 0 radical (unpaired) electrons. The van der Waals surface area contributed by atoms with Crippen molar-refractivity contribution < 1.29 is 19.4 Å². The van der Waals surface area contributed by atoms with Gasteiger partial charge in [-0.05, 0) is 12.3 Å². The second kappa shape index (κ2) is 7.19. The van der Waals surface area contributed by atoms with Gasteiger partial charge >= 0.3 is 5.97 Å². The smallest absolute Gasteiger partial charge is 0.326 e. The monoisotopic (exact) mass is 232 g/mol. The Morgan fingerprint density at radius 3 is 2.31 bits per heavy atom. The van der Waals surface area contributed by atoms with Crippen LogP contribution in [0.25, 0.3) is 0 Å². The molecule has 6 heteroatoms. The Balaban J connectivity index is 4.39. The third-order valence-corrected chi connectivity index (χ3v) is 2.11. The van der Waals surface area contributed by atoms with Gasteiger partial charge in [0.1, 0.15) is 12.1 Å². The van der Waals surface area contributed by atoms with Crippen LogP contribution in [0.2, 0.25) is 0 Å². The van der Waals surface area contributed by atoms with Gasteiger partial charge in [-0.15, -0.1) is 0 Å². The number of hydrogen-bond acceptors (Lipinski definition) is 4. The van der Waals surface area contributed by atoms with E-state index in [2.05, 4.69) is 5.32 Å². The minimum atomic E-state index is -1.05. The summed E-state index contributed by atoms with van der Waals surface area (Å²) in [5, 5.41) is 11.3. The Morgan fingerprint density at radius 1 is 1.44 bits per heavy atom. The number of carboxylic acids is 1. The Bertz CT molecular complexity index is 239. The fraction of sp³-hybridized carbons (Fsp3) is 0.800. The average molecular weight is 232 g/mol. The summed E-state index contributed by atoms with van der Waals surface area (Å²) in [6.07, 6.45) is -0.420. The van der Waals surface area contributed by atoms with Crippen molar-refractivity contribution >= 4 is 11.9 Å². The summed E-state index contributed by atoms with van der Waals surface area (Å²) in [6.45, 7) is 3.80. The van der Waals surface area contributed by atoms with Gasteiger partial charge in [0.15, 0.2) is 0 Å². The van der Waals surface area contributed by atoms with Crippen molar-refractivity contribution in [2.75, 3.05) is 13.7 Å². The molecule has 0 aromatic carbocycles. The number of ether oxygens (including phenoxy) is 1. The second-order valence-electron chi connectivity index (χ2n) is 3.99. The van der Waals surface area contributed by atoms with E-state index in [1.54, 1.807) is 0 Å². The first kappa shape index (κ1) is 14.9. The molecule has 16 heavy (non-hydrogen) atoms. The van der Waals surface area contributed by atoms with Gasteiger partial charge in [0, 0.05) is 13.7 Å². The highest BCUT2D eigenvalue weighted by Gasteiger charge is 2.24. The number of carboxylic acid groups (broad SMARTS) is 1. The molecule has 0 rings (SSSR count). The third-order valence-electron chi connectivity index (χ3n) is 2.11. The maximum absolute atomic E-state index is 11.5. The summed E-state index contributed by atoms with van der Waals surface area (Å²) in [5.74, 6) is -1.35. The first-order chi connectivity index (χ1) is 7.42. The summed E-state index contributed by atoms with van der Waals surface area (Å²) in [5.41, 5.74) is 5.30. The van der Waals surface area contributed by atoms with Gasteiger partial charge in [-0.25, -0.2) is 4.79 Å². The summed E-state index contributed by atoms with van der Waals surface area (Å²) in [7, 11) is 1.36. The van der Waals surface area contributed by atoms with E-state index in [1.807, 2.05) is 13.8 Å². The molecule has 94 valence electrons. The highest BCUT2D eigenvalue weighted by atomic mass is 16.5. The van der Waals surface area contributed by atoms with E-state index in [-0.39, 0.29) is 12.5 Å². The standard InChI is InChI=1S/C10H20N2O4/c1-6(2)4-7(10(14)15)12-9(13)8(5-11)16-3/h6-8H,4-5,11H2,1-3H3,(H,12,13)(H,14,15)/t7-,8?/m0/s1. The summed E-state index contributed by atoms with van der Waals surface area (Å²) < 4.78 is 4.82. The molecule has 0 bridgehead atoms. The van der Waals surface area contributed by atoms with E-state index >= 15 is 0 Å². The molecule has 0 fully saturated rings. The van der Waals surface area contributed by atoms with Crippen LogP contribution < -0.4 is 11.1 Å². The summed E-state index contributed by atoms with van der Waals surface area (Å²) in [4.78, 5) is 22.4. The zero-order valence-corrected chi connectivity index (χ0v) is 9.90. The number of aliphatic carboxylic acids is 1. The highest BCUT2D eigenvalue weighted by molar-refractivity contribution is 5.86. The van der Waals surface area contributed by atoms with Gasteiger partial charge < -0.3 is 20.9 Å². The number of carbonyl (C=O) groups is 2. The van der Waals surface area contributed by atoms with Gasteiger partial charge in [-0.3, -0.25) is 4.79 Å². The molecule has 0 aliphatic heterocycles. The summed E-state index contributed by atoms with van der Waals surface area (Å²) >= 11 is 0. The molecule has 2 atom stereocenters. The molecule has 0 aromatic rings. The van der Waals surface area contributed by atoms with Crippen molar-refractivity contribution in [3.63, 3.8) is 0 Å². The molecular formula is C10H20N2O4. The molecule has 1 unspecified atom stereocenters. The molecule has 0 aliphatic rings. The minimum absolute atomic E-state index is 0.0242. The van der Waals surface area contributed by atoms with Gasteiger partial charge in [0.25, 0.3) is 5.91 Å². The lowest BCUT2D eigenvalue weighted by Gasteiger charge is -2.19. The van der Waals surface area contributed by atoms with Crippen LogP contribution in [-0.2, 0) is 14.3 Å². The SMILES string of the molecule is COC(CN)C(=O)N[C@@H](CC(C)C)C(=O)O. The van der Waals surface area contributed by atoms with Crippen molar-refractivity contribution in [3.05, 3.63) is 0 Å². The van der Waals surface area contributed by atoms with Gasteiger partial charge in [-0.1, -0.05) is 13.8 Å². The Morgan fingerprint density at radius 2 is 2.00 bits per heavy atom. The normalized spacial score (nSPS) is 14.6. The van der Waals surface area contributed by atoms with Crippen molar-refractivity contribution in [1.82, 2.24) is 5.32 Å². The fourth-order valence-corrected chi connectivity index (χ4v) is 1.27. The minimum Gasteiger partial charge on any atom is -0.480 e. The van der Waals surface area contributed by atoms with Crippen LogP contribution in [0, 0.1) is 5.92 Å². The van der Waals surface area contributed by atoms with Gasteiger partial charge in [0.05, 0.1) is 0 Å². The zero-order valence-electron chi connectivity index (χ0n) is 9.90. The predicted molar refractivity (Wildman–Crippen MR) is 58.9 cm³/mol. The number of hydrogen-bond donors (Lipinski definition) is 3. The van der Waals surface area contributed by atoms with E-state index in [4.69, 9.17) is 15.6 Å². The van der Waals surface area contributed by atoms with Crippen LogP contribution in [0.5, 0.6) is 0 Å². The van der Waals surface area contributed by atoms with E-state index in [0.717, 1.165) is 0 Å². The molecular weight excluding hydrogens is 212 g/mol. The molecule has 0 heterocycles. The molecule has 0 spiro atoms. The number of nitrogens with one attached hydrogen (secondary N) is 1. The molecule has 4 N–H and O–H groups in total. The fourth-order valence-electron chi connectivity index (χ4n) is 1.27.